The minimum absolute atomic E-state index is 0.00293. The molecule has 1 atom stereocenters. The number of amides is 2. The molecule has 0 bridgehead atoms. The molecule has 2 aromatic rings. The number of fused-ring (bicyclic) bond motifs is 2. The zero-order chi connectivity index (χ0) is 20.9. The zero-order valence-electron chi connectivity index (χ0n) is 15.5. The van der Waals surface area contributed by atoms with Gasteiger partial charge >= 0.3 is 6.18 Å². The van der Waals surface area contributed by atoms with E-state index in [1.54, 1.807) is 19.1 Å². The van der Waals surface area contributed by atoms with Crippen molar-refractivity contribution in [2.75, 3.05) is 16.8 Å². The number of nitrogens with one attached hydrogen (secondary N) is 1. The summed E-state index contributed by atoms with van der Waals surface area (Å²) in [5.41, 5.74) is 1.42. The van der Waals surface area contributed by atoms with E-state index in [2.05, 4.69) is 5.32 Å². The summed E-state index contributed by atoms with van der Waals surface area (Å²) in [5.74, 6) is -2.32. The second-order valence-corrected chi connectivity index (χ2v) is 7.07. The molecular formula is C21H17F3N2O3. The summed E-state index contributed by atoms with van der Waals surface area (Å²) < 4.78 is 38.8. The third-order valence-electron chi connectivity index (χ3n) is 5.32. The van der Waals surface area contributed by atoms with E-state index in [-0.39, 0.29) is 11.5 Å². The lowest BCUT2D eigenvalue weighted by Crippen LogP contribution is -2.33. The summed E-state index contributed by atoms with van der Waals surface area (Å²) in [7, 11) is 0. The average Bonchev–Trinajstić information content (AvgIpc) is 3.15. The van der Waals surface area contributed by atoms with Crippen molar-refractivity contribution >= 4 is 29.0 Å². The number of Topliss-reactive ketones (excluding diaryl/α,β-unsaturated/α-hetero) is 1. The Balaban J connectivity index is 1.68. The largest absolute Gasteiger partial charge is 0.416 e. The number of nitrogens with zero attached hydrogens (tertiary/aromatic N) is 1. The SMILES string of the molecule is CCN1C(=O)C(C(=O)Nc2cccc(C(F)(F)F)c2)c2cc3c(cc21)C(=O)CC3. The molecule has 0 saturated carbocycles. The number of anilines is 2. The average molecular weight is 402 g/mol. The van der Waals surface area contributed by atoms with E-state index >= 15 is 0 Å². The van der Waals surface area contributed by atoms with Crippen LogP contribution < -0.4 is 10.2 Å². The van der Waals surface area contributed by atoms with Crippen LogP contribution in [0.1, 0.15) is 46.3 Å². The molecule has 0 radical (unpaired) electrons. The molecule has 150 valence electrons. The standard InChI is InChI=1S/C21H17F3N2O3/c1-2-26-16-10-14-11(6-7-17(14)27)8-15(16)18(20(26)29)19(28)25-13-5-3-4-12(9-13)21(22,23)24/h3-5,8-10,18H,2,6-7H2,1H3,(H,25,28). The molecule has 5 nitrogen and oxygen atoms in total. The van der Waals surface area contributed by atoms with Gasteiger partial charge in [-0.15, -0.1) is 0 Å². The van der Waals surface area contributed by atoms with E-state index in [1.807, 2.05) is 0 Å². The number of likely N-dealkylation sites (N-methyl/N-ethyl adjacent to an activating group) is 1. The Bertz CT molecular complexity index is 1050. The zero-order valence-corrected chi connectivity index (χ0v) is 15.5. The van der Waals surface area contributed by atoms with Gasteiger partial charge in [-0.2, -0.15) is 13.2 Å². The molecule has 0 spiro atoms. The number of benzene rings is 2. The van der Waals surface area contributed by atoms with Crippen molar-refractivity contribution in [3.8, 4) is 0 Å². The molecule has 1 aliphatic heterocycles. The van der Waals surface area contributed by atoms with Crippen LogP contribution >= 0.6 is 0 Å². The van der Waals surface area contributed by atoms with Crippen molar-refractivity contribution in [2.45, 2.75) is 31.9 Å². The van der Waals surface area contributed by atoms with Crippen LogP contribution in [0, 0.1) is 0 Å². The smallest absolute Gasteiger partial charge is 0.325 e. The molecule has 1 heterocycles. The van der Waals surface area contributed by atoms with Crippen molar-refractivity contribution in [3.05, 3.63) is 58.7 Å². The van der Waals surface area contributed by atoms with E-state index in [0.29, 0.717) is 36.2 Å². The van der Waals surface area contributed by atoms with Crippen LogP contribution in [0.25, 0.3) is 0 Å². The molecule has 29 heavy (non-hydrogen) atoms. The summed E-state index contributed by atoms with van der Waals surface area (Å²) in [6, 6.07) is 7.63. The number of ketones is 1. The van der Waals surface area contributed by atoms with Gasteiger partial charge in [0.05, 0.1) is 5.56 Å². The number of halogens is 3. The summed E-state index contributed by atoms with van der Waals surface area (Å²) in [4.78, 5) is 39.2. The Hall–Kier alpha value is -3.16. The Kier molecular flexibility index (Phi) is 4.44. The Morgan fingerprint density at radius 3 is 2.62 bits per heavy atom. The molecule has 0 fully saturated rings. The van der Waals surface area contributed by atoms with E-state index < -0.39 is 29.5 Å². The first-order valence-electron chi connectivity index (χ1n) is 9.20. The van der Waals surface area contributed by atoms with Crippen molar-refractivity contribution in [1.82, 2.24) is 0 Å². The highest BCUT2D eigenvalue weighted by atomic mass is 19.4. The minimum atomic E-state index is -4.54. The molecule has 1 N–H and O–H groups in total. The third-order valence-corrected chi connectivity index (χ3v) is 5.32. The first-order chi connectivity index (χ1) is 13.7. The topological polar surface area (TPSA) is 66.5 Å². The summed E-state index contributed by atoms with van der Waals surface area (Å²) >= 11 is 0. The van der Waals surface area contributed by atoms with Crippen molar-refractivity contribution < 1.29 is 27.6 Å². The van der Waals surface area contributed by atoms with Gasteiger partial charge in [-0.25, -0.2) is 0 Å². The molecule has 1 aliphatic carbocycles. The molecule has 1 unspecified atom stereocenters. The maximum Gasteiger partial charge on any atom is 0.416 e. The van der Waals surface area contributed by atoms with Gasteiger partial charge in [0, 0.05) is 29.9 Å². The molecular weight excluding hydrogens is 385 g/mol. The number of alkyl halides is 3. The Morgan fingerprint density at radius 1 is 1.17 bits per heavy atom. The monoisotopic (exact) mass is 402 g/mol. The van der Waals surface area contributed by atoms with Gasteiger partial charge in [0.25, 0.3) is 0 Å². The van der Waals surface area contributed by atoms with Gasteiger partial charge in [0.1, 0.15) is 5.92 Å². The van der Waals surface area contributed by atoms with E-state index in [4.69, 9.17) is 0 Å². The minimum Gasteiger partial charge on any atom is -0.325 e. The fourth-order valence-corrected chi connectivity index (χ4v) is 3.94. The number of carbonyl (C=O) groups is 3. The number of hydrogen-bond donors (Lipinski definition) is 1. The Morgan fingerprint density at radius 2 is 1.93 bits per heavy atom. The number of rotatable bonds is 3. The molecule has 8 heteroatoms. The van der Waals surface area contributed by atoms with Crippen LogP contribution in [0.15, 0.2) is 36.4 Å². The number of carbonyl (C=O) groups excluding carboxylic acids is 3. The van der Waals surface area contributed by atoms with Gasteiger partial charge in [0.2, 0.25) is 11.8 Å². The number of hydrogen-bond acceptors (Lipinski definition) is 3. The first-order valence-corrected chi connectivity index (χ1v) is 9.20. The summed E-state index contributed by atoms with van der Waals surface area (Å²) in [6.07, 6.45) is -3.61. The molecule has 0 saturated heterocycles. The molecule has 2 aromatic carbocycles. The highest BCUT2D eigenvalue weighted by Gasteiger charge is 2.43. The van der Waals surface area contributed by atoms with Gasteiger partial charge in [-0.1, -0.05) is 12.1 Å². The molecule has 0 aromatic heterocycles. The van der Waals surface area contributed by atoms with Gasteiger partial charge in [-0.05, 0) is 48.7 Å². The van der Waals surface area contributed by atoms with E-state index in [0.717, 1.165) is 17.7 Å². The second kappa shape index (κ2) is 6.72. The lowest BCUT2D eigenvalue weighted by Gasteiger charge is -2.16. The van der Waals surface area contributed by atoms with Crippen LogP contribution in [0.5, 0.6) is 0 Å². The van der Waals surface area contributed by atoms with Crippen LogP contribution in [0.2, 0.25) is 0 Å². The fraction of sp³-hybridized carbons (Fsp3) is 0.286. The van der Waals surface area contributed by atoms with Gasteiger partial charge < -0.3 is 10.2 Å². The van der Waals surface area contributed by atoms with Crippen molar-refractivity contribution in [2.24, 2.45) is 0 Å². The predicted molar refractivity (Wildman–Crippen MR) is 99.9 cm³/mol. The van der Waals surface area contributed by atoms with Crippen LogP contribution in [0.3, 0.4) is 0 Å². The summed E-state index contributed by atoms with van der Waals surface area (Å²) in [5, 5.41) is 2.44. The Labute approximate surface area is 164 Å². The van der Waals surface area contributed by atoms with Gasteiger partial charge in [-0.3, -0.25) is 14.4 Å². The van der Waals surface area contributed by atoms with Crippen LogP contribution in [-0.2, 0) is 22.2 Å². The van der Waals surface area contributed by atoms with Crippen LogP contribution in [-0.4, -0.2) is 24.1 Å². The lowest BCUT2D eigenvalue weighted by atomic mass is 9.95. The third kappa shape index (κ3) is 3.18. The highest BCUT2D eigenvalue weighted by molar-refractivity contribution is 6.21. The quantitative estimate of drug-likeness (QED) is 0.792. The predicted octanol–water partition coefficient (Wildman–Crippen LogP) is 3.92. The normalized spacial score (nSPS) is 18.1. The highest BCUT2D eigenvalue weighted by Crippen LogP contribution is 2.41. The van der Waals surface area contributed by atoms with Crippen LogP contribution in [0.4, 0.5) is 24.5 Å². The van der Waals surface area contributed by atoms with Gasteiger partial charge in [0.15, 0.2) is 5.78 Å². The maximum absolute atomic E-state index is 12.9. The molecule has 2 amide bonds. The van der Waals surface area contributed by atoms with E-state index in [1.165, 1.54) is 17.0 Å². The molecule has 2 aliphatic rings. The first kappa shape index (κ1) is 19.2. The maximum atomic E-state index is 12.9. The van der Waals surface area contributed by atoms with E-state index in [9.17, 15) is 27.6 Å². The lowest BCUT2D eigenvalue weighted by molar-refractivity contribution is -0.137. The van der Waals surface area contributed by atoms with Crippen molar-refractivity contribution in [3.63, 3.8) is 0 Å². The fourth-order valence-electron chi connectivity index (χ4n) is 3.94. The summed E-state index contributed by atoms with van der Waals surface area (Å²) in [6.45, 7) is 2.07. The number of aryl methyl sites for hydroxylation is 1. The second-order valence-electron chi connectivity index (χ2n) is 7.07. The molecule has 4 rings (SSSR count). The van der Waals surface area contributed by atoms with Crippen molar-refractivity contribution in [1.29, 1.82) is 0 Å².